The fraction of sp³-hybridized carbons (Fsp3) is 0.400. The summed E-state index contributed by atoms with van der Waals surface area (Å²) in [5.41, 5.74) is 4.84. The van der Waals surface area contributed by atoms with Crippen LogP contribution in [0.4, 0.5) is 5.82 Å². The predicted octanol–water partition coefficient (Wildman–Crippen LogP) is 0.0425. The van der Waals surface area contributed by atoms with E-state index in [-0.39, 0.29) is 12.4 Å². The molecule has 0 fully saturated rings. The second-order valence-electron chi connectivity index (χ2n) is 3.94. The van der Waals surface area contributed by atoms with E-state index in [4.69, 9.17) is 15.4 Å². The summed E-state index contributed by atoms with van der Waals surface area (Å²) in [5.74, 6) is 0.120. The molecule has 1 aliphatic heterocycles. The fourth-order valence-corrected chi connectivity index (χ4v) is 2.02. The van der Waals surface area contributed by atoms with E-state index in [9.17, 15) is 9.36 Å². The van der Waals surface area contributed by atoms with E-state index in [0.29, 0.717) is 0 Å². The molecule has 3 N–H and O–H groups in total. The van der Waals surface area contributed by atoms with Gasteiger partial charge in [-0.25, -0.2) is 9.36 Å². The van der Waals surface area contributed by atoms with E-state index < -0.39 is 25.8 Å². The number of phosphoric ester groups is 1. The minimum absolute atomic E-state index is 0.120. The minimum atomic E-state index is -4.04. The Bertz CT molecular complexity index is 615. The molecule has 0 aromatic carbocycles. The highest BCUT2D eigenvalue weighted by Gasteiger charge is 2.26. The number of hydrogen-bond acceptors (Lipinski definition) is 7. The summed E-state index contributed by atoms with van der Waals surface area (Å²) in [7, 11) is -2.98. The highest BCUT2D eigenvalue weighted by Crippen LogP contribution is 2.42. The maximum atomic E-state index is 11.6. The van der Waals surface area contributed by atoms with Gasteiger partial charge >= 0.3 is 13.5 Å². The van der Waals surface area contributed by atoms with Crippen molar-refractivity contribution < 1.29 is 23.2 Å². The third kappa shape index (κ3) is 3.53. The number of rotatable bonds is 5. The zero-order chi connectivity index (χ0) is 14.8. The van der Waals surface area contributed by atoms with Crippen molar-refractivity contribution in [2.75, 3.05) is 19.5 Å². The molecule has 1 aromatic heterocycles. The lowest BCUT2D eigenvalue weighted by Crippen LogP contribution is -2.28. The molecule has 0 radical (unpaired) electrons. The molecule has 0 saturated heterocycles. The third-order valence-corrected chi connectivity index (χ3v) is 3.50. The average Bonchev–Trinajstić information content (AvgIpc) is 2.85. The monoisotopic (exact) mass is 303 g/mol. The molecule has 10 heteroatoms. The summed E-state index contributed by atoms with van der Waals surface area (Å²) < 4.78 is 26.8. The molecule has 1 aromatic rings. The quantitative estimate of drug-likeness (QED) is 0.577. The number of nitrogen functional groups attached to an aromatic ring is 1. The van der Waals surface area contributed by atoms with Crippen molar-refractivity contribution in [3.8, 4) is 0 Å². The van der Waals surface area contributed by atoms with Crippen molar-refractivity contribution in [1.29, 1.82) is 0 Å². The molecule has 1 aliphatic rings. The van der Waals surface area contributed by atoms with Crippen LogP contribution in [0.5, 0.6) is 0 Å². The predicted molar refractivity (Wildman–Crippen MR) is 68.7 cm³/mol. The second-order valence-corrected chi connectivity index (χ2v) is 5.50. The normalized spacial score (nSPS) is 24.7. The SMILES string of the molecule is COP(=O)(O)OC[C@@H]1C=C[C@H](n2ccc(N)nc2=O)O1. The average molecular weight is 303 g/mol. The molecule has 0 aliphatic carbocycles. The smallest absolute Gasteiger partial charge is 0.383 e. The highest BCUT2D eigenvalue weighted by atomic mass is 31.2. The number of anilines is 1. The van der Waals surface area contributed by atoms with Crippen LogP contribution in [-0.2, 0) is 18.3 Å². The molecule has 9 nitrogen and oxygen atoms in total. The van der Waals surface area contributed by atoms with Gasteiger partial charge in [-0.05, 0) is 12.1 Å². The summed E-state index contributed by atoms with van der Waals surface area (Å²) in [5, 5.41) is 0. The Kier molecular flexibility index (Phi) is 4.36. The molecular weight excluding hydrogens is 289 g/mol. The van der Waals surface area contributed by atoms with Gasteiger partial charge in [0.1, 0.15) is 11.9 Å². The van der Waals surface area contributed by atoms with E-state index in [1.807, 2.05) is 0 Å². The first-order chi connectivity index (χ1) is 9.41. The molecule has 3 atom stereocenters. The summed E-state index contributed by atoms with van der Waals surface area (Å²) in [6.45, 7) is -0.175. The van der Waals surface area contributed by atoms with Gasteiger partial charge in [-0.15, -0.1) is 0 Å². The van der Waals surface area contributed by atoms with Crippen molar-refractivity contribution in [2.45, 2.75) is 12.3 Å². The van der Waals surface area contributed by atoms with Crippen molar-refractivity contribution in [2.24, 2.45) is 0 Å². The first-order valence-corrected chi connectivity index (χ1v) is 7.12. The standard InChI is InChI=1S/C10H14N3O6P/c1-17-20(15,16)18-6-7-2-3-9(19-7)13-5-4-8(11)12-10(13)14/h2-5,7,9H,6H2,1H3,(H,15,16)(H2,11,12,14)/t7-,9+/m0/s1. The van der Waals surface area contributed by atoms with E-state index in [1.165, 1.54) is 16.8 Å². The Labute approximate surface area is 114 Å². The zero-order valence-electron chi connectivity index (χ0n) is 10.6. The van der Waals surface area contributed by atoms with Crippen LogP contribution in [0.25, 0.3) is 0 Å². The van der Waals surface area contributed by atoms with Crippen LogP contribution in [0.2, 0.25) is 0 Å². The lowest BCUT2D eigenvalue weighted by molar-refractivity contribution is -0.0112. The maximum absolute atomic E-state index is 11.6. The number of nitrogens with zero attached hydrogens (tertiary/aromatic N) is 2. The van der Waals surface area contributed by atoms with Gasteiger partial charge in [-0.3, -0.25) is 13.6 Å². The van der Waals surface area contributed by atoms with Gasteiger partial charge < -0.3 is 15.4 Å². The summed E-state index contributed by atoms with van der Waals surface area (Å²) in [6, 6.07) is 1.47. The van der Waals surface area contributed by atoms with Crippen molar-refractivity contribution in [1.82, 2.24) is 9.55 Å². The van der Waals surface area contributed by atoms with E-state index in [2.05, 4.69) is 14.0 Å². The Balaban J connectivity index is 1.98. The Morgan fingerprint density at radius 1 is 1.60 bits per heavy atom. The topological polar surface area (TPSA) is 126 Å². The third-order valence-electron chi connectivity index (χ3n) is 2.56. The molecule has 0 amide bonds. The molecule has 1 unspecified atom stereocenters. The second kappa shape index (κ2) is 5.86. The summed E-state index contributed by atoms with van der Waals surface area (Å²) >= 11 is 0. The highest BCUT2D eigenvalue weighted by molar-refractivity contribution is 7.47. The number of phosphoric acid groups is 1. The molecule has 2 heterocycles. The number of ether oxygens (including phenoxy) is 1. The van der Waals surface area contributed by atoms with Crippen LogP contribution in [0.3, 0.4) is 0 Å². The van der Waals surface area contributed by atoms with Gasteiger partial charge in [0, 0.05) is 13.3 Å². The van der Waals surface area contributed by atoms with Crippen LogP contribution >= 0.6 is 7.82 Å². The van der Waals surface area contributed by atoms with Gasteiger partial charge in [0.15, 0.2) is 6.23 Å². The largest absolute Gasteiger partial charge is 0.472 e. The number of nitrogens with two attached hydrogens (primary N) is 1. The fourth-order valence-electron chi connectivity index (χ4n) is 1.58. The molecular formula is C10H14N3O6P. The lowest BCUT2D eigenvalue weighted by atomic mass is 10.4. The molecule has 0 saturated carbocycles. The van der Waals surface area contributed by atoms with Crippen LogP contribution in [0.1, 0.15) is 6.23 Å². The number of aromatic nitrogens is 2. The molecule has 2 rings (SSSR count). The van der Waals surface area contributed by atoms with E-state index in [0.717, 1.165) is 7.11 Å². The zero-order valence-corrected chi connectivity index (χ0v) is 11.5. The van der Waals surface area contributed by atoms with E-state index in [1.54, 1.807) is 12.2 Å². The van der Waals surface area contributed by atoms with Gasteiger partial charge in [0.05, 0.1) is 6.61 Å². The van der Waals surface area contributed by atoms with Gasteiger partial charge in [0.2, 0.25) is 0 Å². The Hall–Kier alpha value is -1.51. The van der Waals surface area contributed by atoms with Crippen LogP contribution in [0.15, 0.2) is 29.2 Å². The molecule has 20 heavy (non-hydrogen) atoms. The first kappa shape index (κ1) is 14.9. The number of hydrogen-bond donors (Lipinski definition) is 2. The maximum Gasteiger partial charge on any atom is 0.472 e. The van der Waals surface area contributed by atoms with Crippen LogP contribution in [0, 0.1) is 0 Å². The van der Waals surface area contributed by atoms with Crippen molar-refractivity contribution in [3.63, 3.8) is 0 Å². The summed E-state index contributed by atoms with van der Waals surface area (Å²) in [6.07, 6.45) is 3.45. The first-order valence-electron chi connectivity index (χ1n) is 5.63. The Morgan fingerprint density at radius 2 is 2.35 bits per heavy atom. The molecule has 110 valence electrons. The van der Waals surface area contributed by atoms with Crippen LogP contribution in [-0.4, -0.2) is 34.3 Å². The van der Waals surface area contributed by atoms with E-state index >= 15 is 0 Å². The molecule has 0 spiro atoms. The summed E-state index contributed by atoms with van der Waals surface area (Å²) in [4.78, 5) is 24.3. The minimum Gasteiger partial charge on any atom is -0.383 e. The van der Waals surface area contributed by atoms with Crippen molar-refractivity contribution >= 4 is 13.6 Å². The van der Waals surface area contributed by atoms with Crippen molar-refractivity contribution in [3.05, 3.63) is 34.9 Å². The molecule has 0 bridgehead atoms. The Morgan fingerprint density at radius 3 is 3.00 bits per heavy atom. The lowest BCUT2D eigenvalue weighted by Gasteiger charge is -2.16. The van der Waals surface area contributed by atoms with Gasteiger partial charge in [0.25, 0.3) is 0 Å². The van der Waals surface area contributed by atoms with Gasteiger partial charge in [-0.2, -0.15) is 4.98 Å². The van der Waals surface area contributed by atoms with Crippen LogP contribution < -0.4 is 11.4 Å². The van der Waals surface area contributed by atoms with Gasteiger partial charge in [-0.1, -0.05) is 6.08 Å².